The van der Waals surface area contributed by atoms with E-state index in [1.54, 1.807) is 42.5 Å². The normalized spacial score (nSPS) is 12.0. The van der Waals surface area contributed by atoms with Gasteiger partial charge in [0.15, 0.2) is 0 Å². The van der Waals surface area contributed by atoms with E-state index < -0.39 is 27.0 Å². The van der Waals surface area contributed by atoms with Gasteiger partial charge in [-0.05, 0) is 36.8 Å². The van der Waals surface area contributed by atoms with Gasteiger partial charge in [-0.1, -0.05) is 54.6 Å². The SMILES string of the molecule is C=C(C(=O)Oc1ccccc1)[C@@H](NS(=O)(=O)c1ccc(C)cc1)c1cccc([N+](=O)[O-])c1. The van der Waals surface area contributed by atoms with E-state index in [-0.39, 0.29) is 27.5 Å². The third-order valence-corrected chi connectivity index (χ3v) is 6.02. The maximum absolute atomic E-state index is 13.0. The Morgan fingerprint density at radius 2 is 1.69 bits per heavy atom. The fraction of sp³-hybridized carbons (Fsp3) is 0.0870. The van der Waals surface area contributed by atoms with Gasteiger partial charge in [-0.25, -0.2) is 13.2 Å². The number of nitrogens with one attached hydrogen (secondary N) is 1. The molecule has 0 aliphatic heterocycles. The molecule has 0 aliphatic rings. The van der Waals surface area contributed by atoms with Crippen LogP contribution in [0.2, 0.25) is 0 Å². The van der Waals surface area contributed by atoms with Crippen LogP contribution in [0, 0.1) is 17.0 Å². The second kappa shape index (κ2) is 9.54. The van der Waals surface area contributed by atoms with E-state index in [4.69, 9.17) is 4.74 Å². The molecule has 0 unspecified atom stereocenters. The number of ether oxygens (including phenoxy) is 1. The van der Waals surface area contributed by atoms with Crippen LogP contribution in [0.4, 0.5) is 5.69 Å². The summed E-state index contributed by atoms with van der Waals surface area (Å²) in [7, 11) is -4.10. The summed E-state index contributed by atoms with van der Waals surface area (Å²) < 4.78 is 33.7. The first-order valence-electron chi connectivity index (χ1n) is 9.47. The summed E-state index contributed by atoms with van der Waals surface area (Å²) >= 11 is 0. The number of aryl methyl sites for hydroxylation is 1. The fourth-order valence-electron chi connectivity index (χ4n) is 2.88. The molecule has 0 saturated heterocycles. The number of sulfonamides is 1. The Labute approximate surface area is 185 Å². The van der Waals surface area contributed by atoms with Crippen molar-refractivity contribution in [3.05, 3.63) is 112 Å². The third-order valence-electron chi connectivity index (χ3n) is 4.58. The highest BCUT2D eigenvalue weighted by atomic mass is 32.2. The number of benzene rings is 3. The third kappa shape index (κ3) is 5.45. The van der Waals surface area contributed by atoms with Gasteiger partial charge in [0.25, 0.3) is 5.69 Å². The molecular formula is C23H20N2O6S. The molecule has 0 aliphatic carbocycles. The number of carbonyl (C=O) groups excluding carboxylic acids is 1. The Morgan fingerprint density at radius 1 is 1.03 bits per heavy atom. The van der Waals surface area contributed by atoms with Crippen molar-refractivity contribution in [2.24, 2.45) is 0 Å². The molecule has 9 heteroatoms. The number of nitrogens with zero attached hydrogens (tertiary/aromatic N) is 1. The number of hydrogen-bond donors (Lipinski definition) is 1. The summed E-state index contributed by atoms with van der Waals surface area (Å²) in [4.78, 5) is 23.3. The summed E-state index contributed by atoms with van der Waals surface area (Å²) in [5, 5.41) is 11.2. The predicted octanol–water partition coefficient (Wildman–Crippen LogP) is 4.08. The van der Waals surface area contributed by atoms with Gasteiger partial charge < -0.3 is 4.74 Å². The van der Waals surface area contributed by atoms with Crippen molar-refractivity contribution < 1.29 is 22.9 Å². The van der Waals surface area contributed by atoms with Gasteiger partial charge >= 0.3 is 5.97 Å². The van der Waals surface area contributed by atoms with Gasteiger partial charge in [0.05, 0.1) is 21.4 Å². The molecule has 1 atom stereocenters. The lowest BCUT2D eigenvalue weighted by atomic mass is 10.0. The number of esters is 1. The van der Waals surface area contributed by atoms with E-state index in [1.165, 1.54) is 36.4 Å². The molecule has 3 aromatic rings. The minimum atomic E-state index is -4.10. The van der Waals surface area contributed by atoms with Crippen molar-refractivity contribution in [2.45, 2.75) is 17.9 Å². The van der Waals surface area contributed by atoms with Crippen LogP contribution in [0.3, 0.4) is 0 Å². The summed E-state index contributed by atoms with van der Waals surface area (Å²) in [5.74, 6) is -0.628. The Balaban J connectivity index is 1.98. The van der Waals surface area contributed by atoms with Crippen LogP contribution in [0.25, 0.3) is 0 Å². The number of hydrogen-bond acceptors (Lipinski definition) is 6. The van der Waals surface area contributed by atoms with Crippen LogP contribution in [0.5, 0.6) is 5.75 Å². The molecule has 0 spiro atoms. The molecule has 1 N–H and O–H groups in total. The summed E-state index contributed by atoms with van der Waals surface area (Å²) in [5.41, 5.74) is 0.552. The second-order valence-corrected chi connectivity index (χ2v) is 8.66. The standard InChI is InChI=1S/C23H20N2O6S/c1-16-11-13-21(14-12-16)32(29,30)24-22(18-7-6-8-19(15-18)25(27)28)17(2)23(26)31-20-9-4-3-5-10-20/h3-15,22,24H,2H2,1H3/t22-/m1/s1. The minimum absolute atomic E-state index is 0.0252. The molecular weight excluding hydrogens is 432 g/mol. The topological polar surface area (TPSA) is 116 Å². The van der Waals surface area contributed by atoms with Gasteiger partial charge in [0.2, 0.25) is 10.0 Å². The highest BCUT2D eigenvalue weighted by Crippen LogP contribution is 2.28. The van der Waals surface area contributed by atoms with Gasteiger partial charge in [0.1, 0.15) is 5.75 Å². The molecule has 0 amide bonds. The van der Waals surface area contributed by atoms with Crippen molar-refractivity contribution in [2.75, 3.05) is 0 Å². The lowest BCUT2D eigenvalue weighted by molar-refractivity contribution is -0.384. The van der Waals surface area contributed by atoms with Crippen molar-refractivity contribution in [3.63, 3.8) is 0 Å². The van der Waals surface area contributed by atoms with E-state index in [0.29, 0.717) is 0 Å². The Kier molecular flexibility index (Phi) is 6.82. The smallest absolute Gasteiger partial charge is 0.340 e. The van der Waals surface area contributed by atoms with Crippen molar-refractivity contribution in [3.8, 4) is 5.75 Å². The molecule has 164 valence electrons. The van der Waals surface area contributed by atoms with Crippen LogP contribution in [-0.4, -0.2) is 19.3 Å². The number of rotatable bonds is 8. The van der Waals surface area contributed by atoms with Gasteiger partial charge in [-0.15, -0.1) is 0 Å². The largest absolute Gasteiger partial charge is 0.423 e. The van der Waals surface area contributed by atoms with E-state index in [2.05, 4.69) is 11.3 Å². The number of nitro groups is 1. The summed E-state index contributed by atoms with van der Waals surface area (Å²) in [6, 6.07) is 18.3. The zero-order valence-corrected chi connectivity index (χ0v) is 17.9. The molecule has 0 fully saturated rings. The van der Waals surface area contributed by atoms with Gasteiger partial charge in [-0.2, -0.15) is 4.72 Å². The average molecular weight is 452 g/mol. The molecule has 0 radical (unpaired) electrons. The molecule has 0 heterocycles. The first-order valence-corrected chi connectivity index (χ1v) is 10.9. The van der Waals surface area contributed by atoms with Crippen LogP contribution in [-0.2, 0) is 14.8 Å². The number of non-ortho nitro benzene ring substituents is 1. The average Bonchev–Trinajstić information content (AvgIpc) is 2.78. The second-order valence-electron chi connectivity index (χ2n) is 6.95. The summed E-state index contributed by atoms with van der Waals surface area (Å²) in [6.45, 7) is 5.54. The van der Waals surface area contributed by atoms with Crippen molar-refractivity contribution in [1.82, 2.24) is 4.72 Å². The maximum Gasteiger partial charge on any atom is 0.340 e. The van der Waals surface area contributed by atoms with E-state index >= 15 is 0 Å². The fourth-order valence-corrected chi connectivity index (χ4v) is 4.10. The molecule has 0 bridgehead atoms. The molecule has 3 rings (SSSR count). The lowest BCUT2D eigenvalue weighted by Crippen LogP contribution is -2.33. The van der Waals surface area contributed by atoms with E-state index in [1.807, 2.05) is 6.92 Å². The molecule has 8 nitrogen and oxygen atoms in total. The predicted molar refractivity (Wildman–Crippen MR) is 119 cm³/mol. The monoisotopic (exact) mass is 452 g/mol. The Hall–Kier alpha value is -3.82. The van der Waals surface area contributed by atoms with Crippen LogP contribution in [0.15, 0.2) is 95.9 Å². The van der Waals surface area contributed by atoms with Crippen LogP contribution in [0.1, 0.15) is 17.2 Å². The zero-order chi connectivity index (χ0) is 23.3. The van der Waals surface area contributed by atoms with E-state index in [9.17, 15) is 23.3 Å². The number of nitro benzene ring substituents is 1. The molecule has 0 saturated carbocycles. The number of carbonyl (C=O) groups is 1. The van der Waals surface area contributed by atoms with Gasteiger partial charge in [0, 0.05) is 12.1 Å². The quantitative estimate of drug-likeness (QED) is 0.181. The van der Waals surface area contributed by atoms with E-state index in [0.717, 1.165) is 5.56 Å². The van der Waals surface area contributed by atoms with Crippen LogP contribution < -0.4 is 9.46 Å². The van der Waals surface area contributed by atoms with Gasteiger partial charge in [-0.3, -0.25) is 10.1 Å². The first-order chi connectivity index (χ1) is 15.2. The first kappa shape index (κ1) is 22.9. The molecule has 0 aromatic heterocycles. The highest BCUT2D eigenvalue weighted by molar-refractivity contribution is 7.89. The van der Waals surface area contributed by atoms with Crippen LogP contribution >= 0.6 is 0 Å². The maximum atomic E-state index is 13.0. The van der Waals surface area contributed by atoms with Crippen molar-refractivity contribution >= 4 is 21.7 Å². The molecule has 3 aromatic carbocycles. The Bertz CT molecular complexity index is 1260. The number of para-hydroxylation sites is 1. The highest BCUT2D eigenvalue weighted by Gasteiger charge is 2.29. The Morgan fingerprint density at radius 3 is 2.31 bits per heavy atom. The lowest BCUT2D eigenvalue weighted by Gasteiger charge is -2.21. The zero-order valence-electron chi connectivity index (χ0n) is 17.1. The minimum Gasteiger partial charge on any atom is -0.423 e. The summed E-state index contributed by atoms with van der Waals surface area (Å²) in [6.07, 6.45) is 0. The molecule has 32 heavy (non-hydrogen) atoms. The van der Waals surface area contributed by atoms with Crippen molar-refractivity contribution in [1.29, 1.82) is 0 Å².